The van der Waals surface area contributed by atoms with Crippen molar-refractivity contribution in [3.63, 3.8) is 0 Å². The van der Waals surface area contributed by atoms with Crippen molar-refractivity contribution in [1.82, 2.24) is 9.97 Å². The van der Waals surface area contributed by atoms with Gasteiger partial charge in [-0.25, -0.2) is 4.79 Å². The Balaban J connectivity index is 2.12. The maximum atomic E-state index is 11.6. The highest BCUT2D eigenvalue weighted by atomic mass is 32.2. The van der Waals surface area contributed by atoms with Crippen LogP contribution in [-0.4, -0.2) is 22.9 Å². The third kappa shape index (κ3) is 2.72. The Morgan fingerprint density at radius 2 is 1.27 bits per heavy atom. The molecule has 0 spiro atoms. The van der Waals surface area contributed by atoms with Crippen molar-refractivity contribution in [1.29, 1.82) is 0 Å². The van der Waals surface area contributed by atoms with E-state index in [9.17, 15) is 13.2 Å². The van der Waals surface area contributed by atoms with E-state index in [2.05, 4.69) is 9.97 Å². The summed E-state index contributed by atoms with van der Waals surface area (Å²) in [5.41, 5.74) is 2.27. The summed E-state index contributed by atoms with van der Waals surface area (Å²) in [4.78, 5) is 16.9. The van der Waals surface area contributed by atoms with Crippen molar-refractivity contribution in [2.75, 3.05) is 0 Å². The van der Waals surface area contributed by atoms with E-state index in [0.29, 0.717) is 17.0 Å². The summed E-state index contributed by atoms with van der Waals surface area (Å²) in [6.45, 7) is 0. The number of hydrogen-bond acceptors (Lipinski definition) is 3. The lowest BCUT2D eigenvalue weighted by Gasteiger charge is -2.04. The van der Waals surface area contributed by atoms with Crippen molar-refractivity contribution in [3.8, 4) is 22.5 Å². The number of hydrogen-bond donors (Lipinski definition) is 3. The van der Waals surface area contributed by atoms with Gasteiger partial charge in [-0.15, -0.1) is 0 Å². The van der Waals surface area contributed by atoms with Crippen LogP contribution in [0.25, 0.3) is 22.5 Å². The number of H-pyrrole nitrogens is 2. The molecule has 0 aliphatic carbocycles. The average Bonchev–Trinajstić information content (AvgIpc) is 2.89. The van der Waals surface area contributed by atoms with Crippen LogP contribution in [0, 0.1) is 0 Å². The summed E-state index contributed by atoms with van der Waals surface area (Å²) in [5, 5.41) is 0. The molecule has 3 N–H and O–H groups in total. The first-order chi connectivity index (χ1) is 10.4. The SMILES string of the molecule is O=c1[nH]c(-c2ccccc2)c(-c2ccc(S(=O)(=O)O)cc2)[nH]1. The molecule has 0 bridgehead atoms. The number of rotatable bonds is 3. The Morgan fingerprint density at radius 3 is 1.77 bits per heavy atom. The van der Waals surface area contributed by atoms with Crippen LogP contribution in [0.2, 0.25) is 0 Å². The average molecular weight is 316 g/mol. The second-order valence-corrected chi connectivity index (χ2v) is 6.12. The lowest BCUT2D eigenvalue weighted by Crippen LogP contribution is -2.00. The van der Waals surface area contributed by atoms with E-state index in [0.717, 1.165) is 5.56 Å². The Morgan fingerprint density at radius 1 is 0.773 bits per heavy atom. The summed E-state index contributed by atoms with van der Waals surface area (Å²) in [6, 6.07) is 14.9. The minimum absolute atomic E-state index is 0.199. The maximum absolute atomic E-state index is 11.6. The highest BCUT2D eigenvalue weighted by molar-refractivity contribution is 7.85. The zero-order valence-corrected chi connectivity index (χ0v) is 12.1. The van der Waals surface area contributed by atoms with Crippen LogP contribution < -0.4 is 5.69 Å². The third-order valence-corrected chi connectivity index (χ3v) is 4.10. The second kappa shape index (κ2) is 5.28. The van der Waals surface area contributed by atoms with Gasteiger partial charge < -0.3 is 9.97 Å². The first-order valence-corrected chi connectivity index (χ1v) is 7.85. The van der Waals surface area contributed by atoms with Gasteiger partial charge in [-0.05, 0) is 12.1 Å². The van der Waals surface area contributed by atoms with Crippen LogP contribution >= 0.6 is 0 Å². The number of benzene rings is 2. The van der Waals surface area contributed by atoms with Crippen LogP contribution in [0.5, 0.6) is 0 Å². The molecule has 3 rings (SSSR count). The van der Waals surface area contributed by atoms with E-state index in [4.69, 9.17) is 4.55 Å². The molecule has 0 aliphatic rings. The molecule has 7 heteroatoms. The predicted molar refractivity (Wildman–Crippen MR) is 82.1 cm³/mol. The molecular formula is C15H12N2O4S. The molecule has 6 nitrogen and oxygen atoms in total. The summed E-state index contributed by atoms with van der Waals surface area (Å²) in [5.74, 6) is 0. The minimum Gasteiger partial charge on any atom is -0.305 e. The minimum atomic E-state index is -4.24. The molecule has 112 valence electrons. The van der Waals surface area contributed by atoms with E-state index >= 15 is 0 Å². The zero-order chi connectivity index (χ0) is 15.7. The zero-order valence-electron chi connectivity index (χ0n) is 11.3. The molecule has 0 amide bonds. The number of aromatic amines is 2. The molecule has 0 fully saturated rings. The summed E-state index contributed by atoms with van der Waals surface area (Å²) in [6.07, 6.45) is 0. The van der Waals surface area contributed by atoms with E-state index in [1.165, 1.54) is 24.3 Å². The molecule has 3 aromatic rings. The Hall–Kier alpha value is -2.64. The van der Waals surface area contributed by atoms with E-state index < -0.39 is 10.1 Å². The monoisotopic (exact) mass is 316 g/mol. The van der Waals surface area contributed by atoms with Crippen molar-refractivity contribution >= 4 is 10.1 Å². The van der Waals surface area contributed by atoms with Gasteiger partial charge in [0.05, 0.1) is 16.3 Å². The fourth-order valence-corrected chi connectivity index (χ4v) is 2.69. The molecule has 0 radical (unpaired) electrons. The lowest BCUT2D eigenvalue weighted by atomic mass is 10.1. The van der Waals surface area contributed by atoms with Gasteiger partial charge in [0.1, 0.15) is 0 Å². The molecule has 1 heterocycles. The summed E-state index contributed by atoms with van der Waals surface area (Å²) in [7, 11) is -4.24. The van der Waals surface area contributed by atoms with Crippen LogP contribution in [0.3, 0.4) is 0 Å². The predicted octanol–water partition coefficient (Wildman–Crippen LogP) is 2.28. The van der Waals surface area contributed by atoms with Gasteiger partial charge in [-0.2, -0.15) is 8.42 Å². The van der Waals surface area contributed by atoms with Gasteiger partial charge in [-0.1, -0.05) is 42.5 Å². The number of aromatic nitrogens is 2. The molecule has 1 aromatic heterocycles. The molecule has 22 heavy (non-hydrogen) atoms. The molecule has 0 unspecified atom stereocenters. The van der Waals surface area contributed by atoms with Gasteiger partial charge in [0.2, 0.25) is 0 Å². The van der Waals surface area contributed by atoms with Crippen LogP contribution in [0.15, 0.2) is 64.3 Å². The van der Waals surface area contributed by atoms with Gasteiger partial charge in [0, 0.05) is 11.1 Å². The standard InChI is InChI=1S/C15H12N2O4S/c18-15-16-13(10-4-2-1-3-5-10)14(17-15)11-6-8-12(9-7-11)22(19,20)21/h1-9H,(H2,16,17,18)(H,19,20,21). The van der Waals surface area contributed by atoms with Crippen molar-refractivity contribution in [3.05, 3.63) is 65.1 Å². The molecular weight excluding hydrogens is 304 g/mol. The summed E-state index contributed by atoms with van der Waals surface area (Å²) >= 11 is 0. The first-order valence-electron chi connectivity index (χ1n) is 6.41. The van der Waals surface area contributed by atoms with Gasteiger partial charge >= 0.3 is 5.69 Å². The number of nitrogens with one attached hydrogen (secondary N) is 2. The molecule has 0 saturated carbocycles. The normalized spacial score (nSPS) is 11.5. The van der Waals surface area contributed by atoms with Crippen molar-refractivity contribution in [2.24, 2.45) is 0 Å². The largest absolute Gasteiger partial charge is 0.323 e. The van der Waals surface area contributed by atoms with Gasteiger partial charge in [-0.3, -0.25) is 4.55 Å². The van der Waals surface area contributed by atoms with E-state index in [-0.39, 0.29) is 10.6 Å². The molecule has 0 saturated heterocycles. The Kier molecular flexibility index (Phi) is 3.44. The van der Waals surface area contributed by atoms with E-state index in [1.54, 1.807) is 0 Å². The van der Waals surface area contributed by atoms with E-state index in [1.807, 2.05) is 30.3 Å². The highest BCUT2D eigenvalue weighted by Crippen LogP contribution is 2.28. The smallest absolute Gasteiger partial charge is 0.305 e. The first kappa shape index (κ1) is 14.3. The fraction of sp³-hybridized carbons (Fsp3) is 0. The number of imidazole rings is 1. The Bertz CT molecular complexity index is 955. The fourth-order valence-electron chi connectivity index (χ4n) is 2.21. The topological polar surface area (TPSA) is 103 Å². The molecule has 2 aromatic carbocycles. The lowest BCUT2D eigenvalue weighted by molar-refractivity contribution is 0.483. The van der Waals surface area contributed by atoms with Crippen LogP contribution in [0.1, 0.15) is 0 Å². The van der Waals surface area contributed by atoms with Gasteiger partial charge in [0.25, 0.3) is 10.1 Å². The van der Waals surface area contributed by atoms with Crippen molar-refractivity contribution < 1.29 is 13.0 Å². The third-order valence-electron chi connectivity index (χ3n) is 3.23. The van der Waals surface area contributed by atoms with Crippen molar-refractivity contribution in [2.45, 2.75) is 4.90 Å². The summed E-state index contributed by atoms with van der Waals surface area (Å²) < 4.78 is 31.1. The highest BCUT2D eigenvalue weighted by Gasteiger charge is 2.13. The quantitative estimate of drug-likeness (QED) is 0.645. The molecule has 0 aliphatic heterocycles. The second-order valence-electron chi connectivity index (χ2n) is 4.69. The van der Waals surface area contributed by atoms with Gasteiger partial charge in [0.15, 0.2) is 0 Å². The van der Waals surface area contributed by atoms with Crippen LogP contribution in [0.4, 0.5) is 0 Å². The maximum Gasteiger partial charge on any atom is 0.323 e. The van der Waals surface area contributed by atoms with Crippen LogP contribution in [-0.2, 0) is 10.1 Å². The Labute approximate surface area is 126 Å². The molecule has 0 atom stereocenters.